The number of carbonyl (C=O) groups is 2. The second kappa shape index (κ2) is 10.7. The number of benzene rings is 3. The first-order valence-corrected chi connectivity index (χ1v) is 11.9. The second-order valence-corrected chi connectivity index (χ2v) is 9.32. The van der Waals surface area contributed by atoms with Crippen LogP contribution in [0.15, 0.2) is 83.8 Å². The van der Waals surface area contributed by atoms with Gasteiger partial charge in [0.15, 0.2) is 6.04 Å². The standard InChI is InChI=1S/C27H23NO4S2/c1-18-10-6-7-14-21(18)17-32-22-15-9-8-13-20(22)16-23-25(29)28(27(33)34-23)24(26(30)31-2)19-11-4-3-5-12-19/h3-16,24H,17H2,1-2H3/b23-16+. The third-order valence-electron chi connectivity index (χ3n) is 5.47. The number of nitrogens with zero attached hydrogens (tertiary/aromatic N) is 1. The van der Waals surface area contributed by atoms with E-state index in [-0.39, 0.29) is 5.91 Å². The molecule has 0 aromatic heterocycles. The normalized spacial score (nSPS) is 15.5. The van der Waals surface area contributed by atoms with Crippen LogP contribution >= 0.6 is 24.0 Å². The molecule has 0 bridgehead atoms. The lowest BCUT2D eigenvalue weighted by atomic mass is 10.1. The number of aryl methyl sites for hydroxylation is 1. The van der Waals surface area contributed by atoms with Gasteiger partial charge >= 0.3 is 5.97 Å². The minimum Gasteiger partial charge on any atom is -0.488 e. The Morgan fingerprint density at radius 1 is 1.03 bits per heavy atom. The monoisotopic (exact) mass is 489 g/mol. The second-order valence-electron chi connectivity index (χ2n) is 7.64. The Kier molecular flexibility index (Phi) is 7.45. The molecule has 3 aromatic carbocycles. The van der Waals surface area contributed by atoms with E-state index in [9.17, 15) is 9.59 Å². The van der Waals surface area contributed by atoms with E-state index in [1.165, 1.54) is 12.0 Å². The van der Waals surface area contributed by atoms with Gasteiger partial charge in [-0.1, -0.05) is 96.8 Å². The van der Waals surface area contributed by atoms with Crippen molar-refractivity contribution < 1.29 is 19.1 Å². The molecule has 5 nitrogen and oxygen atoms in total. The number of carbonyl (C=O) groups excluding carboxylic acids is 2. The summed E-state index contributed by atoms with van der Waals surface area (Å²) in [6.45, 7) is 2.46. The Morgan fingerprint density at radius 3 is 2.44 bits per heavy atom. The first-order chi connectivity index (χ1) is 16.5. The molecule has 0 radical (unpaired) electrons. The van der Waals surface area contributed by atoms with Crippen molar-refractivity contribution in [3.63, 3.8) is 0 Å². The summed E-state index contributed by atoms with van der Waals surface area (Å²) in [6, 6.07) is 23.6. The minimum absolute atomic E-state index is 0.300. The molecule has 7 heteroatoms. The third-order valence-corrected chi connectivity index (χ3v) is 6.80. The molecule has 1 fully saturated rings. The van der Waals surface area contributed by atoms with E-state index < -0.39 is 12.0 Å². The fraction of sp³-hybridized carbons (Fsp3) is 0.148. The topological polar surface area (TPSA) is 55.8 Å². The largest absolute Gasteiger partial charge is 0.488 e. The summed E-state index contributed by atoms with van der Waals surface area (Å²) in [5.41, 5.74) is 3.63. The molecule has 1 heterocycles. The van der Waals surface area contributed by atoms with Gasteiger partial charge in [0.25, 0.3) is 5.91 Å². The van der Waals surface area contributed by atoms with Crippen molar-refractivity contribution in [1.82, 2.24) is 4.90 Å². The molecule has 1 unspecified atom stereocenters. The zero-order valence-corrected chi connectivity index (χ0v) is 20.4. The van der Waals surface area contributed by atoms with Crippen molar-refractivity contribution >= 4 is 46.3 Å². The number of thioether (sulfide) groups is 1. The van der Waals surface area contributed by atoms with Gasteiger partial charge in [0, 0.05) is 5.56 Å². The van der Waals surface area contributed by atoms with Gasteiger partial charge in [-0.2, -0.15) is 0 Å². The zero-order chi connectivity index (χ0) is 24.1. The van der Waals surface area contributed by atoms with Gasteiger partial charge in [-0.25, -0.2) is 4.79 Å². The Morgan fingerprint density at radius 2 is 1.71 bits per heavy atom. The zero-order valence-electron chi connectivity index (χ0n) is 18.8. The fourth-order valence-electron chi connectivity index (χ4n) is 3.64. The van der Waals surface area contributed by atoms with E-state index in [4.69, 9.17) is 21.7 Å². The molecule has 3 aromatic rings. The van der Waals surface area contributed by atoms with Crippen LogP contribution in [-0.2, 0) is 20.9 Å². The van der Waals surface area contributed by atoms with E-state index in [1.54, 1.807) is 30.3 Å². The highest BCUT2D eigenvalue weighted by Gasteiger charge is 2.41. The smallest absolute Gasteiger partial charge is 0.333 e. The van der Waals surface area contributed by atoms with Crippen molar-refractivity contribution in [3.05, 3.63) is 106 Å². The number of ether oxygens (including phenoxy) is 2. The van der Waals surface area contributed by atoms with Crippen molar-refractivity contribution in [1.29, 1.82) is 0 Å². The van der Waals surface area contributed by atoms with E-state index in [0.717, 1.165) is 28.5 Å². The molecule has 1 aliphatic heterocycles. The lowest BCUT2D eigenvalue weighted by Crippen LogP contribution is -2.37. The molecule has 1 atom stereocenters. The number of amides is 1. The van der Waals surface area contributed by atoms with E-state index in [1.807, 2.05) is 61.5 Å². The van der Waals surface area contributed by atoms with Crippen molar-refractivity contribution in [3.8, 4) is 5.75 Å². The highest BCUT2D eigenvalue weighted by Crippen LogP contribution is 2.39. The third kappa shape index (κ3) is 5.05. The highest BCUT2D eigenvalue weighted by molar-refractivity contribution is 8.26. The maximum atomic E-state index is 13.4. The lowest BCUT2D eigenvalue weighted by Gasteiger charge is -2.24. The SMILES string of the molecule is COC(=O)C(c1ccccc1)N1C(=O)/C(=C\c2ccccc2OCc2ccccc2C)SC1=S. The van der Waals surface area contributed by atoms with Gasteiger partial charge in [0.05, 0.1) is 12.0 Å². The Bertz CT molecular complexity index is 1260. The Labute approximate surface area is 208 Å². The van der Waals surface area contributed by atoms with Crippen LogP contribution in [-0.4, -0.2) is 28.2 Å². The number of thiocarbonyl (C=S) groups is 1. The minimum atomic E-state index is -0.947. The number of rotatable bonds is 7. The molecule has 1 amide bonds. The molecule has 1 aliphatic rings. The highest BCUT2D eigenvalue weighted by atomic mass is 32.2. The average molecular weight is 490 g/mol. The molecule has 172 valence electrons. The summed E-state index contributed by atoms with van der Waals surface area (Å²) in [6.07, 6.45) is 1.76. The summed E-state index contributed by atoms with van der Waals surface area (Å²) < 4.78 is 11.4. The molecule has 1 saturated heterocycles. The molecule has 4 rings (SSSR count). The average Bonchev–Trinajstić information content (AvgIpc) is 3.13. The van der Waals surface area contributed by atoms with Gasteiger partial charge in [0.1, 0.15) is 16.7 Å². The number of methoxy groups -OCH3 is 1. The van der Waals surface area contributed by atoms with Crippen LogP contribution in [0.25, 0.3) is 6.08 Å². The predicted octanol–water partition coefficient (Wildman–Crippen LogP) is 5.69. The number of hydrogen-bond acceptors (Lipinski definition) is 6. The van der Waals surface area contributed by atoms with E-state index in [0.29, 0.717) is 27.1 Å². The van der Waals surface area contributed by atoms with E-state index >= 15 is 0 Å². The number of hydrogen-bond donors (Lipinski definition) is 0. The van der Waals surface area contributed by atoms with Crippen LogP contribution in [0.4, 0.5) is 0 Å². The van der Waals surface area contributed by atoms with Crippen LogP contribution in [0, 0.1) is 6.92 Å². The lowest BCUT2D eigenvalue weighted by molar-refractivity contribution is -0.148. The van der Waals surface area contributed by atoms with Crippen molar-refractivity contribution in [2.75, 3.05) is 7.11 Å². The predicted molar refractivity (Wildman–Crippen MR) is 138 cm³/mol. The molecule has 0 saturated carbocycles. The Balaban J connectivity index is 1.61. The molecular formula is C27H23NO4S2. The quantitative estimate of drug-likeness (QED) is 0.241. The van der Waals surface area contributed by atoms with Crippen LogP contribution in [0.3, 0.4) is 0 Å². The fourth-order valence-corrected chi connectivity index (χ4v) is 4.94. The van der Waals surface area contributed by atoms with Crippen LogP contribution < -0.4 is 4.74 Å². The summed E-state index contributed by atoms with van der Waals surface area (Å²) in [7, 11) is 1.30. The summed E-state index contributed by atoms with van der Waals surface area (Å²) >= 11 is 6.66. The van der Waals surface area contributed by atoms with Gasteiger partial charge in [0.2, 0.25) is 0 Å². The molecule has 0 aliphatic carbocycles. The van der Waals surface area contributed by atoms with Gasteiger partial charge < -0.3 is 9.47 Å². The van der Waals surface area contributed by atoms with Gasteiger partial charge in [-0.05, 0) is 35.8 Å². The maximum absolute atomic E-state index is 13.4. The van der Waals surface area contributed by atoms with Crippen LogP contribution in [0.1, 0.15) is 28.3 Å². The van der Waals surface area contributed by atoms with Crippen molar-refractivity contribution in [2.24, 2.45) is 0 Å². The van der Waals surface area contributed by atoms with Crippen LogP contribution in [0.2, 0.25) is 0 Å². The van der Waals surface area contributed by atoms with E-state index in [2.05, 4.69) is 0 Å². The number of esters is 1. The molecule has 0 N–H and O–H groups in total. The summed E-state index contributed by atoms with van der Waals surface area (Å²) in [5.74, 6) is -0.239. The number of para-hydroxylation sites is 1. The van der Waals surface area contributed by atoms with Gasteiger partial charge in [-0.15, -0.1) is 0 Å². The first kappa shape index (κ1) is 23.7. The van der Waals surface area contributed by atoms with Crippen molar-refractivity contribution in [2.45, 2.75) is 19.6 Å². The maximum Gasteiger partial charge on any atom is 0.333 e. The summed E-state index contributed by atoms with van der Waals surface area (Å²) in [5, 5.41) is 0. The van der Waals surface area contributed by atoms with Crippen LogP contribution in [0.5, 0.6) is 5.75 Å². The molecule has 0 spiro atoms. The Hall–Kier alpha value is -3.42. The molecule has 34 heavy (non-hydrogen) atoms. The summed E-state index contributed by atoms with van der Waals surface area (Å²) in [4.78, 5) is 27.8. The van der Waals surface area contributed by atoms with Gasteiger partial charge in [-0.3, -0.25) is 9.69 Å². The first-order valence-electron chi connectivity index (χ1n) is 10.7. The molecular weight excluding hydrogens is 466 g/mol.